The van der Waals surface area contributed by atoms with Crippen molar-refractivity contribution in [2.45, 2.75) is 26.9 Å². The largest absolute Gasteiger partial charge is 0.472 e. The van der Waals surface area contributed by atoms with E-state index < -0.39 is 0 Å². The molecule has 0 aliphatic carbocycles. The first-order chi connectivity index (χ1) is 12.5. The lowest BCUT2D eigenvalue weighted by Gasteiger charge is -2.04. The van der Waals surface area contributed by atoms with Crippen molar-refractivity contribution in [1.29, 1.82) is 0 Å². The van der Waals surface area contributed by atoms with E-state index in [1.165, 1.54) is 11.6 Å². The van der Waals surface area contributed by atoms with E-state index in [2.05, 4.69) is 41.6 Å². The van der Waals surface area contributed by atoms with Crippen LogP contribution in [0.5, 0.6) is 0 Å². The zero-order chi connectivity index (χ0) is 18.5. The molecule has 134 valence electrons. The van der Waals surface area contributed by atoms with Gasteiger partial charge in [-0.25, -0.2) is 4.68 Å². The monoisotopic (exact) mass is 369 g/mol. The third-order valence-corrected chi connectivity index (χ3v) is 4.41. The van der Waals surface area contributed by atoms with Gasteiger partial charge in [0, 0.05) is 23.7 Å². The van der Waals surface area contributed by atoms with E-state index in [9.17, 15) is 4.79 Å². The molecular weight excluding hydrogens is 350 g/mol. The number of carbonyl (C=O) groups is 1. The molecule has 0 fully saturated rings. The van der Waals surface area contributed by atoms with E-state index in [0.29, 0.717) is 18.2 Å². The van der Waals surface area contributed by atoms with Gasteiger partial charge in [-0.1, -0.05) is 41.4 Å². The number of hydrogen-bond acceptors (Lipinski definition) is 3. The number of nitrogens with one attached hydrogen (secondary N) is 1. The summed E-state index contributed by atoms with van der Waals surface area (Å²) in [4.78, 5) is 12.0. The molecule has 0 saturated heterocycles. The number of hydrogen-bond donors (Lipinski definition) is 1. The summed E-state index contributed by atoms with van der Waals surface area (Å²) in [5, 5.41) is 7.79. The zero-order valence-corrected chi connectivity index (χ0v) is 15.5. The van der Waals surface area contributed by atoms with E-state index in [0.717, 1.165) is 22.4 Å². The third kappa shape index (κ3) is 4.43. The molecule has 26 heavy (non-hydrogen) atoms. The van der Waals surface area contributed by atoms with Gasteiger partial charge in [-0.15, -0.1) is 0 Å². The molecule has 3 aromatic rings. The summed E-state index contributed by atoms with van der Waals surface area (Å²) in [6.45, 7) is 4.93. The number of carbonyl (C=O) groups excluding carboxylic acids is 1. The Morgan fingerprint density at radius 2 is 2.00 bits per heavy atom. The topological polar surface area (TPSA) is 60.1 Å². The zero-order valence-electron chi connectivity index (χ0n) is 14.7. The number of rotatable bonds is 6. The fourth-order valence-corrected chi connectivity index (χ4v) is 2.83. The van der Waals surface area contributed by atoms with Crippen LogP contribution >= 0.6 is 11.6 Å². The maximum atomic E-state index is 12.0. The van der Waals surface area contributed by atoms with Gasteiger partial charge in [-0.05, 0) is 31.6 Å². The van der Waals surface area contributed by atoms with Gasteiger partial charge in [0.1, 0.15) is 5.15 Å². The molecular formula is C20H20ClN3O2. The number of benzene rings is 1. The van der Waals surface area contributed by atoms with Crippen molar-refractivity contribution < 1.29 is 9.21 Å². The Hall–Kier alpha value is -2.79. The SMILES string of the molecule is Cc1ccc(Cn2nc(C)c(/C=C/C(=O)NCc3ccoc3)c2Cl)cc1. The molecule has 0 aliphatic rings. The average Bonchev–Trinajstić information content (AvgIpc) is 3.23. The molecule has 0 atom stereocenters. The van der Waals surface area contributed by atoms with Crippen LogP contribution in [-0.4, -0.2) is 15.7 Å². The van der Waals surface area contributed by atoms with Gasteiger partial charge in [0.2, 0.25) is 5.91 Å². The highest BCUT2D eigenvalue weighted by Gasteiger charge is 2.12. The molecule has 0 spiro atoms. The quantitative estimate of drug-likeness (QED) is 0.665. The van der Waals surface area contributed by atoms with Crippen molar-refractivity contribution in [2.24, 2.45) is 0 Å². The summed E-state index contributed by atoms with van der Waals surface area (Å²) in [5.41, 5.74) is 4.76. The predicted octanol–water partition coefficient (Wildman–Crippen LogP) is 4.12. The van der Waals surface area contributed by atoms with Crippen LogP contribution in [0.4, 0.5) is 0 Å². The summed E-state index contributed by atoms with van der Waals surface area (Å²) in [6, 6.07) is 10.0. The molecule has 1 aromatic carbocycles. The minimum Gasteiger partial charge on any atom is -0.472 e. The van der Waals surface area contributed by atoms with E-state index in [-0.39, 0.29) is 5.91 Å². The molecule has 2 aromatic heterocycles. The number of aromatic nitrogens is 2. The van der Waals surface area contributed by atoms with Crippen LogP contribution < -0.4 is 5.32 Å². The highest BCUT2D eigenvalue weighted by Crippen LogP contribution is 2.22. The summed E-state index contributed by atoms with van der Waals surface area (Å²) in [6.07, 6.45) is 6.33. The number of halogens is 1. The maximum absolute atomic E-state index is 12.0. The summed E-state index contributed by atoms with van der Waals surface area (Å²) in [5.74, 6) is -0.201. The van der Waals surface area contributed by atoms with Crippen LogP contribution in [0.2, 0.25) is 5.15 Å². The van der Waals surface area contributed by atoms with Crippen molar-refractivity contribution in [3.05, 3.63) is 82.0 Å². The summed E-state index contributed by atoms with van der Waals surface area (Å²) in [7, 11) is 0. The Bertz CT molecular complexity index is 909. The van der Waals surface area contributed by atoms with Crippen LogP contribution in [0, 0.1) is 13.8 Å². The van der Waals surface area contributed by atoms with Gasteiger partial charge in [0.05, 0.1) is 24.8 Å². The second-order valence-corrected chi connectivity index (χ2v) is 6.47. The highest BCUT2D eigenvalue weighted by atomic mass is 35.5. The lowest BCUT2D eigenvalue weighted by Crippen LogP contribution is -2.19. The molecule has 0 saturated carbocycles. The number of aryl methyl sites for hydroxylation is 2. The Labute approximate surface area is 157 Å². The third-order valence-electron chi connectivity index (χ3n) is 4.01. The molecule has 1 amide bonds. The normalized spacial score (nSPS) is 11.2. The van der Waals surface area contributed by atoms with E-state index in [4.69, 9.17) is 16.0 Å². The van der Waals surface area contributed by atoms with E-state index >= 15 is 0 Å². The smallest absolute Gasteiger partial charge is 0.244 e. The fraction of sp³-hybridized carbons (Fsp3) is 0.200. The maximum Gasteiger partial charge on any atom is 0.244 e. The molecule has 5 nitrogen and oxygen atoms in total. The van der Waals surface area contributed by atoms with Crippen molar-refractivity contribution in [1.82, 2.24) is 15.1 Å². The summed E-state index contributed by atoms with van der Waals surface area (Å²) < 4.78 is 6.71. The molecule has 0 aliphatic heterocycles. The predicted molar refractivity (Wildman–Crippen MR) is 102 cm³/mol. The Balaban J connectivity index is 1.67. The number of amides is 1. The highest BCUT2D eigenvalue weighted by molar-refractivity contribution is 6.31. The average molecular weight is 370 g/mol. The van der Waals surface area contributed by atoms with E-state index in [1.54, 1.807) is 29.4 Å². The molecule has 0 bridgehead atoms. The lowest BCUT2D eigenvalue weighted by molar-refractivity contribution is -0.116. The van der Waals surface area contributed by atoms with Crippen molar-refractivity contribution in [3.8, 4) is 0 Å². The van der Waals surface area contributed by atoms with Crippen LogP contribution in [-0.2, 0) is 17.9 Å². The second kappa shape index (κ2) is 8.06. The molecule has 1 N–H and O–H groups in total. The standard InChI is InChI=1S/C20H20ClN3O2/c1-14-3-5-16(6-4-14)12-24-20(21)18(15(2)23-24)7-8-19(25)22-11-17-9-10-26-13-17/h3-10,13H,11-12H2,1-2H3,(H,22,25)/b8-7+. The summed E-state index contributed by atoms with van der Waals surface area (Å²) >= 11 is 6.46. The Morgan fingerprint density at radius 1 is 1.23 bits per heavy atom. The van der Waals surface area contributed by atoms with Gasteiger partial charge in [-0.3, -0.25) is 4.79 Å². The van der Waals surface area contributed by atoms with Crippen LogP contribution in [0.1, 0.15) is 27.9 Å². The van der Waals surface area contributed by atoms with Gasteiger partial charge in [0.25, 0.3) is 0 Å². The van der Waals surface area contributed by atoms with Gasteiger partial charge in [0.15, 0.2) is 0 Å². The lowest BCUT2D eigenvalue weighted by atomic mass is 10.1. The molecule has 3 rings (SSSR count). The van der Waals surface area contributed by atoms with Crippen LogP contribution in [0.25, 0.3) is 6.08 Å². The molecule has 0 unspecified atom stereocenters. The first-order valence-corrected chi connectivity index (χ1v) is 8.66. The van der Waals surface area contributed by atoms with Crippen molar-refractivity contribution >= 4 is 23.6 Å². The molecule has 2 heterocycles. The van der Waals surface area contributed by atoms with Crippen LogP contribution in [0.3, 0.4) is 0 Å². The Morgan fingerprint density at radius 3 is 2.69 bits per heavy atom. The minimum absolute atomic E-state index is 0.201. The fourth-order valence-electron chi connectivity index (χ4n) is 2.53. The Kier molecular flexibility index (Phi) is 5.58. The van der Waals surface area contributed by atoms with Crippen molar-refractivity contribution in [2.75, 3.05) is 0 Å². The first kappa shape index (κ1) is 18.0. The van der Waals surface area contributed by atoms with Gasteiger partial charge in [-0.2, -0.15) is 5.10 Å². The van der Waals surface area contributed by atoms with E-state index in [1.807, 2.05) is 6.92 Å². The van der Waals surface area contributed by atoms with Crippen LogP contribution in [0.15, 0.2) is 53.4 Å². The van der Waals surface area contributed by atoms with Gasteiger partial charge >= 0.3 is 0 Å². The second-order valence-electron chi connectivity index (χ2n) is 6.12. The van der Waals surface area contributed by atoms with Gasteiger partial charge < -0.3 is 9.73 Å². The number of nitrogens with zero attached hydrogens (tertiary/aromatic N) is 2. The molecule has 0 radical (unpaired) electrons. The first-order valence-electron chi connectivity index (χ1n) is 8.28. The molecule has 6 heteroatoms. The van der Waals surface area contributed by atoms with Crippen molar-refractivity contribution in [3.63, 3.8) is 0 Å². The number of furan rings is 1. The minimum atomic E-state index is -0.201.